The summed E-state index contributed by atoms with van der Waals surface area (Å²) in [5.41, 5.74) is 1.28. The van der Waals surface area contributed by atoms with Crippen LogP contribution in [0.15, 0.2) is 53.5 Å². The Balaban J connectivity index is 1.60. The fraction of sp³-hybridized carbons (Fsp3) is 0.514. The molecule has 0 spiro atoms. The van der Waals surface area contributed by atoms with E-state index >= 15 is 0 Å². The Morgan fingerprint density at radius 1 is 0.956 bits per heavy atom. The number of nitrogens with one attached hydrogen (secondary N) is 5. The molecule has 0 radical (unpaired) electrons. The SMILES string of the molecule is CC(C)(C)[C@H](NC(=O)c1cc2ccccc2[nH]1)C(=C=O)N[C@@H](CC1CCCCC1)C(=C=O)N[C@H](C=C=O)C[C@@H]1CCNC1=C=O. The van der Waals surface area contributed by atoms with Gasteiger partial charge in [0.2, 0.25) is 0 Å². The van der Waals surface area contributed by atoms with Crippen LogP contribution >= 0.6 is 0 Å². The molecular weight excluding hydrogens is 570 g/mol. The van der Waals surface area contributed by atoms with Gasteiger partial charge in [-0.15, -0.1) is 0 Å². The minimum absolute atomic E-state index is 0.107. The summed E-state index contributed by atoms with van der Waals surface area (Å²) in [6.07, 6.45) is 8.20. The third kappa shape index (κ3) is 8.76. The number of aromatic nitrogens is 1. The first-order chi connectivity index (χ1) is 21.7. The largest absolute Gasteiger partial charge is 0.379 e. The zero-order chi connectivity index (χ0) is 32.4. The van der Waals surface area contributed by atoms with Gasteiger partial charge in [-0.1, -0.05) is 71.1 Å². The topological polar surface area (TPSA) is 149 Å². The van der Waals surface area contributed by atoms with Gasteiger partial charge in [-0.25, -0.2) is 19.2 Å². The van der Waals surface area contributed by atoms with Crippen molar-refractivity contribution in [2.45, 2.75) is 90.3 Å². The highest BCUT2D eigenvalue weighted by Crippen LogP contribution is 2.31. The van der Waals surface area contributed by atoms with E-state index in [1.165, 1.54) is 6.08 Å². The summed E-state index contributed by atoms with van der Waals surface area (Å²) in [6, 6.07) is 7.28. The van der Waals surface area contributed by atoms with E-state index in [-0.39, 0.29) is 23.2 Å². The fourth-order valence-electron chi connectivity index (χ4n) is 6.47. The minimum atomic E-state index is -0.772. The Morgan fingerprint density at radius 3 is 2.33 bits per heavy atom. The average Bonchev–Trinajstić information content (AvgIpc) is 3.67. The van der Waals surface area contributed by atoms with Gasteiger partial charge in [-0.3, -0.25) is 4.79 Å². The van der Waals surface area contributed by atoms with Gasteiger partial charge in [0.15, 0.2) is 0 Å². The molecule has 1 saturated carbocycles. The maximum Gasteiger partial charge on any atom is 0.268 e. The first kappa shape index (κ1) is 33.3. The number of carbonyl (C=O) groups is 1. The van der Waals surface area contributed by atoms with Crippen molar-refractivity contribution in [1.82, 2.24) is 26.3 Å². The number of allylic oxidation sites excluding steroid dienone is 1. The number of carbonyl (C=O) groups excluding carboxylic acids is 5. The van der Waals surface area contributed by atoms with Gasteiger partial charge in [-0.2, -0.15) is 0 Å². The highest BCUT2D eigenvalue weighted by Gasteiger charge is 2.35. The predicted octanol–water partition coefficient (Wildman–Crippen LogP) is 3.73. The van der Waals surface area contributed by atoms with Gasteiger partial charge < -0.3 is 26.3 Å². The summed E-state index contributed by atoms with van der Waals surface area (Å²) in [6.45, 7) is 6.35. The van der Waals surface area contributed by atoms with Crippen LogP contribution in [0.25, 0.3) is 10.9 Å². The van der Waals surface area contributed by atoms with Crippen LogP contribution in [0.4, 0.5) is 0 Å². The number of aromatic amines is 1. The molecule has 2 heterocycles. The van der Waals surface area contributed by atoms with Crippen LogP contribution in [0.2, 0.25) is 0 Å². The smallest absolute Gasteiger partial charge is 0.268 e. The molecule has 0 unspecified atom stereocenters. The van der Waals surface area contributed by atoms with E-state index in [2.05, 4.69) is 26.3 Å². The van der Waals surface area contributed by atoms with Gasteiger partial charge >= 0.3 is 0 Å². The Kier molecular flexibility index (Phi) is 11.4. The van der Waals surface area contributed by atoms with Crippen molar-refractivity contribution in [1.29, 1.82) is 0 Å². The van der Waals surface area contributed by atoms with Gasteiger partial charge in [0.1, 0.15) is 40.9 Å². The number of H-pyrrole nitrogens is 1. The summed E-state index contributed by atoms with van der Waals surface area (Å²) in [4.78, 5) is 64.6. The molecular formula is C35H43N5O5. The minimum Gasteiger partial charge on any atom is -0.379 e. The van der Waals surface area contributed by atoms with Gasteiger partial charge in [-0.05, 0) is 42.7 Å². The maximum absolute atomic E-state index is 13.4. The van der Waals surface area contributed by atoms with Crippen molar-refractivity contribution in [3.63, 3.8) is 0 Å². The molecule has 1 aliphatic heterocycles. The Bertz CT molecular complexity index is 1520. The summed E-state index contributed by atoms with van der Waals surface area (Å²) in [7, 11) is 0. The fourth-order valence-corrected chi connectivity index (χ4v) is 6.47. The molecule has 45 heavy (non-hydrogen) atoms. The second-order valence-electron chi connectivity index (χ2n) is 13.2. The molecule has 2 aliphatic rings. The van der Waals surface area contributed by atoms with Gasteiger partial charge in [0.25, 0.3) is 5.91 Å². The van der Waals surface area contributed by atoms with E-state index in [1.807, 2.05) is 68.8 Å². The molecule has 0 bridgehead atoms. The number of hydrogen-bond donors (Lipinski definition) is 5. The molecule has 10 nitrogen and oxygen atoms in total. The number of fused-ring (bicyclic) bond motifs is 1. The Morgan fingerprint density at radius 2 is 1.69 bits per heavy atom. The molecule has 4 rings (SSSR count). The van der Waals surface area contributed by atoms with Crippen LogP contribution < -0.4 is 21.3 Å². The number of benzene rings is 1. The number of rotatable bonds is 13. The van der Waals surface area contributed by atoms with E-state index in [0.717, 1.165) is 43.0 Å². The Labute approximate surface area is 263 Å². The monoisotopic (exact) mass is 613 g/mol. The molecule has 1 amide bonds. The molecule has 1 saturated heterocycles. The highest BCUT2D eigenvalue weighted by molar-refractivity contribution is 5.98. The lowest BCUT2D eigenvalue weighted by Crippen LogP contribution is -2.51. The summed E-state index contributed by atoms with van der Waals surface area (Å²) in [5, 5.41) is 13.3. The molecule has 238 valence electrons. The third-order valence-electron chi connectivity index (χ3n) is 8.87. The summed E-state index contributed by atoms with van der Waals surface area (Å²) in [5.74, 6) is 7.57. The quantitative estimate of drug-likeness (QED) is 0.215. The predicted molar refractivity (Wildman–Crippen MR) is 173 cm³/mol. The lowest BCUT2D eigenvalue weighted by molar-refractivity contribution is 0.0908. The highest BCUT2D eigenvalue weighted by atomic mass is 16.2. The van der Waals surface area contributed by atoms with Crippen LogP contribution in [-0.2, 0) is 19.2 Å². The van der Waals surface area contributed by atoms with Crippen molar-refractivity contribution in [2.75, 3.05) is 6.54 Å². The standard InChI is InChI=1S/C35H43N5O5/c1-35(2,3)33(40-34(45)29-19-24-11-7-8-12-27(24)38-29)32(22-44)39-28(17-23-9-5-4-6-10-23)31(21-43)37-26(14-16-41)18-25-13-15-36-30(25)20-42/h7-8,11-12,14,19,23,25-26,28,33,36-39H,4-6,9-10,13,15,17-18H2,1-3H3,(H,40,45)/t25-,26+,28-,33+/m0/s1. The second-order valence-corrected chi connectivity index (χ2v) is 13.2. The summed E-state index contributed by atoms with van der Waals surface area (Å²) >= 11 is 0. The van der Waals surface area contributed by atoms with Gasteiger partial charge in [0, 0.05) is 29.4 Å². The van der Waals surface area contributed by atoms with E-state index < -0.39 is 23.5 Å². The molecule has 1 aromatic carbocycles. The first-order valence-electron chi connectivity index (χ1n) is 15.8. The lowest BCUT2D eigenvalue weighted by Gasteiger charge is -2.35. The van der Waals surface area contributed by atoms with E-state index in [4.69, 9.17) is 0 Å². The zero-order valence-corrected chi connectivity index (χ0v) is 26.3. The molecule has 5 N–H and O–H groups in total. The molecule has 1 aromatic heterocycles. The van der Waals surface area contributed by atoms with Crippen LogP contribution in [0.3, 0.4) is 0 Å². The van der Waals surface area contributed by atoms with Crippen molar-refractivity contribution in [3.8, 4) is 0 Å². The van der Waals surface area contributed by atoms with Crippen molar-refractivity contribution < 1.29 is 24.0 Å². The number of para-hydroxylation sites is 1. The molecule has 1 aliphatic carbocycles. The van der Waals surface area contributed by atoms with Crippen LogP contribution in [0, 0.1) is 17.3 Å². The summed E-state index contributed by atoms with van der Waals surface area (Å²) < 4.78 is 0. The maximum atomic E-state index is 13.4. The van der Waals surface area contributed by atoms with E-state index in [0.29, 0.717) is 43.1 Å². The van der Waals surface area contributed by atoms with Crippen LogP contribution in [-0.4, -0.2) is 59.3 Å². The van der Waals surface area contributed by atoms with Crippen molar-refractivity contribution in [3.05, 3.63) is 59.2 Å². The van der Waals surface area contributed by atoms with Crippen molar-refractivity contribution >= 4 is 40.6 Å². The first-order valence-corrected chi connectivity index (χ1v) is 15.8. The van der Waals surface area contributed by atoms with E-state index in [9.17, 15) is 24.0 Å². The average molecular weight is 614 g/mol. The lowest BCUT2D eigenvalue weighted by atomic mass is 9.82. The van der Waals surface area contributed by atoms with Crippen LogP contribution in [0.5, 0.6) is 0 Å². The van der Waals surface area contributed by atoms with E-state index in [1.54, 1.807) is 6.07 Å². The number of amides is 1. The van der Waals surface area contributed by atoms with Crippen molar-refractivity contribution in [2.24, 2.45) is 17.3 Å². The number of hydrogen-bond acceptors (Lipinski definition) is 8. The zero-order valence-electron chi connectivity index (χ0n) is 26.3. The molecule has 10 heteroatoms. The Hall–Kier alpha value is -4.57. The third-order valence-corrected chi connectivity index (χ3v) is 8.87. The normalized spacial score (nSPS) is 18.6. The van der Waals surface area contributed by atoms with Crippen LogP contribution in [0.1, 0.15) is 82.6 Å². The molecule has 2 aromatic rings. The molecule has 2 fully saturated rings. The second kappa shape index (κ2) is 15.4. The molecule has 4 atom stereocenters. The van der Waals surface area contributed by atoms with Gasteiger partial charge in [0.05, 0.1) is 23.8 Å².